The fourth-order valence-corrected chi connectivity index (χ4v) is 3.94. The van der Waals surface area contributed by atoms with Gasteiger partial charge in [0.05, 0.1) is 11.3 Å². The number of carboxylic acids is 1. The van der Waals surface area contributed by atoms with Crippen LogP contribution in [0.4, 0.5) is 10.1 Å². The van der Waals surface area contributed by atoms with Crippen molar-refractivity contribution in [2.24, 2.45) is 7.05 Å². The third-order valence-corrected chi connectivity index (χ3v) is 5.96. The van der Waals surface area contributed by atoms with Crippen molar-refractivity contribution in [1.29, 1.82) is 0 Å². The third kappa shape index (κ3) is 7.63. The van der Waals surface area contributed by atoms with Gasteiger partial charge in [-0.1, -0.05) is 0 Å². The maximum absolute atomic E-state index is 13.5. The van der Waals surface area contributed by atoms with E-state index in [1.807, 2.05) is 0 Å². The van der Waals surface area contributed by atoms with E-state index in [-0.39, 0.29) is 12.2 Å². The molecule has 1 unspecified atom stereocenters. The first-order chi connectivity index (χ1) is 16.5. The van der Waals surface area contributed by atoms with E-state index in [2.05, 4.69) is 16.0 Å². The molecule has 192 valence electrons. The number of carbonyl (C=O) groups excluding carboxylic acids is 2. The number of hydrogen-bond acceptors (Lipinski definition) is 5. The Bertz CT molecular complexity index is 1070. The summed E-state index contributed by atoms with van der Waals surface area (Å²) in [6.45, 7) is 6.73. The molecule has 2 aromatic rings. The predicted molar refractivity (Wildman–Crippen MR) is 131 cm³/mol. The standard InChI is InChI=1S/C25H35FN4O5/c1-15-14-18(9-10-19(15)26)29-24(34)21-16(2)22(30(4)17(21)3)23(33)25(35)28-13-7-12-27-11-6-5-8-20(31)32/h9-10,14,23,27,33H,5-8,11-13H2,1-4H3,(H,28,35)(H,29,34)(H,31,32). The lowest BCUT2D eigenvalue weighted by Gasteiger charge is -2.14. The molecule has 0 aliphatic rings. The minimum atomic E-state index is -1.45. The Morgan fingerprint density at radius 3 is 2.40 bits per heavy atom. The van der Waals surface area contributed by atoms with Crippen molar-refractivity contribution in [3.8, 4) is 0 Å². The van der Waals surface area contributed by atoms with E-state index in [9.17, 15) is 23.9 Å². The lowest BCUT2D eigenvalue weighted by atomic mass is 10.1. The minimum absolute atomic E-state index is 0.156. The second kappa shape index (κ2) is 13.0. The molecule has 1 heterocycles. The number of amides is 2. The Hall–Kier alpha value is -3.24. The van der Waals surface area contributed by atoms with Gasteiger partial charge in [-0.25, -0.2) is 4.39 Å². The van der Waals surface area contributed by atoms with Crippen molar-refractivity contribution < 1.29 is 29.0 Å². The van der Waals surface area contributed by atoms with Gasteiger partial charge < -0.3 is 30.7 Å². The predicted octanol–water partition coefficient (Wildman–Crippen LogP) is 2.73. The molecule has 0 aliphatic carbocycles. The summed E-state index contributed by atoms with van der Waals surface area (Å²) in [6.07, 6.45) is 0.734. The van der Waals surface area contributed by atoms with Crippen LogP contribution in [0.1, 0.15) is 64.7 Å². The number of halogens is 1. The second-order valence-corrected chi connectivity index (χ2v) is 8.60. The van der Waals surface area contributed by atoms with Crippen LogP contribution in [0.15, 0.2) is 18.2 Å². The van der Waals surface area contributed by atoms with Crippen molar-refractivity contribution in [2.45, 2.75) is 52.6 Å². The molecule has 1 aromatic heterocycles. The lowest BCUT2D eigenvalue weighted by molar-refractivity contribution is -0.137. The van der Waals surface area contributed by atoms with Gasteiger partial charge in [-0.2, -0.15) is 0 Å². The third-order valence-electron chi connectivity index (χ3n) is 5.96. The van der Waals surface area contributed by atoms with Crippen molar-refractivity contribution in [3.63, 3.8) is 0 Å². The maximum Gasteiger partial charge on any atom is 0.303 e. The zero-order valence-corrected chi connectivity index (χ0v) is 20.7. The molecule has 0 fully saturated rings. The quantitative estimate of drug-likeness (QED) is 0.274. The van der Waals surface area contributed by atoms with Crippen LogP contribution in [0, 0.1) is 26.6 Å². The number of anilines is 1. The molecular weight excluding hydrogens is 455 g/mol. The van der Waals surface area contributed by atoms with Crippen molar-refractivity contribution in [2.75, 3.05) is 25.0 Å². The fourth-order valence-electron chi connectivity index (χ4n) is 3.94. The normalized spacial score (nSPS) is 11.8. The highest BCUT2D eigenvalue weighted by atomic mass is 19.1. The first kappa shape index (κ1) is 28.0. The number of aliphatic carboxylic acids is 1. The van der Waals surface area contributed by atoms with Gasteiger partial charge in [-0.15, -0.1) is 0 Å². The number of carbonyl (C=O) groups is 3. The number of nitrogens with zero attached hydrogens (tertiary/aromatic N) is 1. The Morgan fingerprint density at radius 1 is 1.06 bits per heavy atom. The molecule has 0 radical (unpaired) electrons. The number of aromatic nitrogens is 1. The number of rotatable bonds is 13. The lowest BCUT2D eigenvalue weighted by Crippen LogP contribution is -2.32. The Balaban J connectivity index is 1.92. The van der Waals surface area contributed by atoms with Gasteiger partial charge in [-0.05, 0) is 82.4 Å². The Labute approximate surface area is 204 Å². The van der Waals surface area contributed by atoms with Crippen molar-refractivity contribution in [1.82, 2.24) is 15.2 Å². The molecule has 0 saturated carbocycles. The van der Waals surface area contributed by atoms with Crippen LogP contribution in [0.25, 0.3) is 0 Å². The van der Waals surface area contributed by atoms with Crippen LogP contribution in [-0.4, -0.2) is 52.2 Å². The summed E-state index contributed by atoms with van der Waals surface area (Å²) in [5, 5.41) is 28.0. The largest absolute Gasteiger partial charge is 0.481 e. The monoisotopic (exact) mass is 490 g/mol. The van der Waals surface area contributed by atoms with E-state index < -0.39 is 23.9 Å². The molecule has 0 spiro atoms. The van der Waals surface area contributed by atoms with Gasteiger partial charge in [0, 0.05) is 31.4 Å². The van der Waals surface area contributed by atoms with E-state index >= 15 is 0 Å². The van der Waals surface area contributed by atoms with Crippen LogP contribution < -0.4 is 16.0 Å². The maximum atomic E-state index is 13.5. The number of nitrogens with one attached hydrogen (secondary N) is 3. The topological polar surface area (TPSA) is 133 Å². The van der Waals surface area contributed by atoms with E-state index in [0.717, 1.165) is 6.42 Å². The van der Waals surface area contributed by atoms with Crippen LogP contribution in [0.5, 0.6) is 0 Å². The summed E-state index contributed by atoms with van der Waals surface area (Å²) in [4.78, 5) is 36.0. The summed E-state index contributed by atoms with van der Waals surface area (Å²) in [6, 6.07) is 4.29. The molecule has 0 bridgehead atoms. The highest BCUT2D eigenvalue weighted by Crippen LogP contribution is 2.27. The molecule has 1 aromatic carbocycles. The van der Waals surface area contributed by atoms with Crippen LogP contribution in [-0.2, 0) is 16.6 Å². The smallest absolute Gasteiger partial charge is 0.303 e. The fraction of sp³-hybridized carbons (Fsp3) is 0.480. The molecule has 5 N–H and O–H groups in total. The van der Waals surface area contributed by atoms with Gasteiger partial charge in [0.15, 0.2) is 6.10 Å². The summed E-state index contributed by atoms with van der Waals surface area (Å²) in [5.74, 6) is -2.13. The molecule has 2 amide bonds. The van der Waals surface area contributed by atoms with E-state index in [1.165, 1.54) is 18.2 Å². The molecule has 35 heavy (non-hydrogen) atoms. The Kier molecular flexibility index (Phi) is 10.4. The molecule has 0 aliphatic heterocycles. The van der Waals surface area contributed by atoms with E-state index in [1.54, 1.807) is 32.4 Å². The van der Waals surface area contributed by atoms with Gasteiger partial charge in [-0.3, -0.25) is 14.4 Å². The molecule has 10 heteroatoms. The highest BCUT2D eigenvalue weighted by molar-refractivity contribution is 6.06. The molecule has 0 saturated heterocycles. The van der Waals surface area contributed by atoms with Crippen LogP contribution in [0.2, 0.25) is 0 Å². The van der Waals surface area contributed by atoms with E-state index in [4.69, 9.17) is 5.11 Å². The number of aliphatic hydroxyl groups excluding tert-OH is 1. The summed E-state index contributed by atoms with van der Waals surface area (Å²) < 4.78 is 15.2. The minimum Gasteiger partial charge on any atom is -0.481 e. The van der Waals surface area contributed by atoms with Gasteiger partial charge >= 0.3 is 5.97 Å². The van der Waals surface area contributed by atoms with Gasteiger partial charge in [0.2, 0.25) is 0 Å². The molecule has 1 atom stereocenters. The molecule has 9 nitrogen and oxygen atoms in total. The summed E-state index contributed by atoms with van der Waals surface area (Å²) >= 11 is 0. The average Bonchev–Trinajstić information content (AvgIpc) is 3.02. The van der Waals surface area contributed by atoms with Gasteiger partial charge in [0.25, 0.3) is 11.8 Å². The van der Waals surface area contributed by atoms with E-state index in [0.29, 0.717) is 66.2 Å². The molecular formula is C25H35FN4O5. The summed E-state index contributed by atoms with van der Waals surface area (Å²) in [7, 11) is 1.68. The summed E-state index contributed by atoms with van der Waals surface area (Å²) in [5.41, 5.74) is 2.62. The molecule has 2 rings (SSSR count). The number of benzene rings is 1. The first-order valence-corrected chi connectivity index (χ1v) is 11.7. The number of aliphatic hydroxyl groups is 1. The van der Waals surface area contributed by atoms with Crippen molar-refractivity contribution in [3.05, 3.63) is 52.1 Å². The SMILES string of the molecule is Cc1cc(NC(=O)c2c(C)c(C(O)C(=O)NCCCNCCCCC(=O)O)n(C)c2C)ccc1F. The first-order valence-electron chi connectivity index (χ1n) is 11.7. The number of hydrogen-bond donors (Lipinski definition) is 5. The number of carboxylic acid groups (broad SMARTS) is 1. The number of aryl methyl sites for hydroxylation is 1. The Morgan fingerprint density at radius 2 is 1.74 bits per heavy atom. The second-order valence-electron chi connectivity index (χ2n) is 8.60. The highest BCUT2D eigenvalue weighted by Gasteiger charge is 2.28. The zero-order valence-electron chi connectivity index (χ0n) is 20.7. The van der Waals surface area contributed by atoms with Crippen LogP contribution >= 0.6 is 0 Å². The average molecular weight is 491 g/mol. The van der Waals surface area contributed by atoms with Gasteiger partial charge in [0.1, 0.15) is 5.82 Å². The zero-order chi connectivity index (χ0) is 26.1. The number of unbranched alkanes of at least 4 members (excludes halogenated alkanes) is 1. The van der Waals surface area contributed by atoms with Crippen LogP contribution in [0.3, 0.4) is 0 Å². The van der Waals surface area contributed by atoms with Crippen molar-refractivity contribution >= 4 is 23.5 Å².